The van der Waals surface area contributed by atoms with Crippen LogP contribution in [0.5, 0.6) is 0 Å². The molecule has 19 heteroatoms. The first-order chi connectivity index (χ1) is 26.9. The number of carbonyl (C=O) groups excluding carboxylic acids is 3. The second-order valence-electron chi connectivity index (χ2n) is 14.6. The Balaban J connectivity index is 0.000000214. The number of carbonyl (C=O) groups is 3. The summed E-state index contributed by atoms with van der Waals surface area (Å²) in [4.78, 5) is 63.7. The van der Waals surface area contributed by atoms with Gasteiger partial charge in [-0.1, -0.05) is 58.0 Å². The van der Waals surface area contributed by atoms with Gasteiger partial charge in [-0.25, -0.2) is 29.3 Å². The van der Waals surface area contributed by atoms with E-state index in [2.05, 4.69) is 25.3 Å². The third-order valence-electron chi connectivity index (χ3n) is 9.01. The van der Waals surface area contributed by atoms with Crippen molar-refractivity contribution in [2.75, 3.05) is 64.2 Å². The first-order valence-corrected chi connectivity index (χ1v) is 20.0. The smallest absolute Gasteiger partial charge is 0.410 e. The Morgan fingerprint density at radius 2 is 1.19 bits per heavy atom. The summed E-state index contributed by atoms with van der Waals surface area (Å²) in [7, 11) is 0. The van der Waals surface area contributed by atoms with Gasteiger partial charge >= 0.3 is 18.2 Å². The summed E-state index contributed by atoms with van der Waals surface area (Å²) in [6, 6.07) is 13.2. The Hall–Kier alpha value is -4.34. The third kappa shape index (κ3) is 10.4. The molecule has 0 saturated carbocycles. The van der Waals surface area contributed by atoms with Gasteiger partial charge in [0.1, 0.15) is 16.6 Å². The van der Waals surface area contributed by atoms with Gasteiger partial charge in [-0.15, -0.1) is 0 Å². The van der Waals surface area contributed by atoms with Gasteiger partial charge in [0, 0.05) is 74.1 Å². The molecule has 7 rings (SSSR count). The van der Waals surface area contributed by atoms with Crippen LogP contribution in [0, 0.1) is 13.8 Å². The van der Waals surface area contributed by atoms with Crippen molar-refractivity contribution in [1.82, 2.24) is 24.8 Å². The molecule has 1 N–H and O–H groups in total. The van der Waals surface area contributed by atoms with Crippen LogP contribution < -0.4 is 24.9 Å². The van der Waals surface area contributed by atoms with Crippen LogP contribution in [0.15, 0.2) is 48.5 Å². The minimum absolute atomic E-state index is 0.0143. The lowest BCUT2D eigenvalue weighted by molar-refractivity contribution is 0.0206. The number of aryl methyl sites for hydroxylation is 2. The van der Waals surface area contributed by atoms with Crippen LogP contribution in [0.25, 0.3) is 0 Å². The molecule has 14 nitrogen and oxygen atoms in total. The summed E-state index contributed by atoms with van der Waals surface area (Å²) in [6.45, 7) is 12.3. The molecular weight excluding hydrogens is 838 g/mol. The molecule has 2 aromatic carbocycles. The second-order valence-corrected chi connectivity index (χ2v) is 16.6. The molecular formula is C38H41Cl5N10O4. The van der Waals surface area contributed by atoms with E-state index < -0.39 is 5.60 Å². The maximum atomic E-state index is 13.2. The van der Waals surface area contributed by atoms with Crippen molar-refractivity contribution >= 4 is 105 Å². The number of hydrogen-bond donors (Lipinski definition) is 1. The zero-order chi connectivity index (χ0) is 41.2. The van der Waals surface area contributed by atoms with Gasteiger partial charge in [-0.3, -0.25) is 19.6 Å². The Morgan fingerprint density at radius 1 is 0.684 bits per heavy atom. The standard InChI is InChI=1S/C24H30Cl2N6O3.C14H11Cl3N4O/c1-15-12-20(28-16-6-5-9-30(14-16)23(34)35-24(2,3)4)29-21(27-15)32-11-10-31(22(32)33)17-7-8-18(25)19(26)13-17;1-8-6-12(17)19-13(18-8)21-5-4-20(14(21)22)9-2-3-10(15)11(16)7-9/h7-8,12-13,16H,5-6,9-11,14H2,1-4H3,(H,27,28,29);2-3,6-7H,4-5H2,1H3. The van der Waals surface area contributed by atoms with Gasteiger partial charge in [-0.2, -0.15) is 4.98 Å². The highest BCUT2D eigenvalue weighted by atomic mass is 35.5. The number of hydrogen-bond acceptors (Lipinski definition) is 9. The zero-order valence-electron chi connectivity index (χ0n) is 31.9. The van der Waals surface area contributed by atoms with Gasteiger partial charge in [-0.05, 0) is 89.9 Å². The van der Waals surface area contributed by atoms with Crippen LogP contribution in [-0.4, -0.2) is 93.9 Å². The fourth-order valence-electron chi connectivity index (χ4n) is 6.41. The molecule has 0 bridgehead atoms. The SMILES string of the molecule is Cc1cc(Cl)nc(N2CCN(c3ccc(Cl)c(Cl)c3)C2=O)n1.Cc1cc(NC2CCCN(C(=O)OC(C)(C)C)C2)nc(N2CCN(c3ccc(Cl)c(Cl)c3)C2=O)n1. The van der Waals surface area contributed by atoms with Crippen molar-refractivity contribution in [3.8, 4) is 0 Å². The predicted octanol–water partition coefficient (Wildman–Crippen LogP) is 9.54. The minimum Gasteiger partial charge on any atom is -0.444 e. The van der Waals surface area contributed by atoms with Crippen molar-refractivity contribution in [2.45, 2.75) is 59.1 Å². The van der Waals surface area contributed by atoms with Crippen molar-refractivity contribution in [1.29, 1.82) is 0 Å². The van der Waals surface area contributed by atoms with E-state index in [-0.39, 0.29) is 24.2 Å². The molecule has 2 aromatic heterocycles. The summed E-state index contributed by atoms with van der Waals surface area (Å²) in [5.74, 6) is 1.25. The fraction of sp³-hybridized carbons (Fsp3) is 0.395. The molecule has 3 aliphatic rings. The number of urea groups is 2. The Labute approximate surface area is 356 Å². The van der Waals surface area contributed by atoms with Crippen LogP contribution in [0.2, 0.25) is 25.2 Å². The number of nitrogens with zero attached hydrogens (tertiary/aromatic N) is 9. The number of ether oxygens (including phenoxy) is 1. The molecule has 5 amide bonds. The number of aromatic nitrogens is 4. The van der Waals surface area contributed by atoms with Crippen LogP contribution in [-0.2, 0) is 4.74 Å². The van der Waals surface area contributed by atoms with Gasteiger partial charge in [0.15, 0.2) is 0 Å². The largest absolute Gasteiger partial charge is 0.444 e. The summed E-state index contributed by atoms with van der Waals surface area (Å²) in [5.41, 5.74) is 2.25. The van der Waals surface area contributed by atoms with E-state index in [1.54, 1.807) is 69.0 Å². The molecule has 0 radical (unpaired) electrons. The summed E-state index contributed by atoms with van der Waals surface area (Å²) in [6.07, 6.45) is 1.44. The number of amides is 5. The lowest BCUT2D eigenvalue weighted by Crippen LogP contribution is -2.47. The van der Waals surface area contributed by atoms with Crippen LogP contribution in [0.4, 0.5) is 43.5 Å². The molecule has 0 spiro atoms. The molecule has 0 aliphatic carbocycles. The Kier molecular flexibility index (Phi) is 13.1. The predicted molar refractivity (Wildman–Crippen MR) is 226 cm³/mol. The topological polar surface area (TPSA) is 140 Å². The van der Waals surface area contributed by atoms with E-state index in [1.165, 1.54) is 4.90 Å². The zero-order valence-corrected chi connectivity index (χ0v) is 35.7. The Bertz CT molecular complexity index is 2150. The van der Waals surface area contributed by atoms with Gasteiger partial charge < -0.3 is 15.0 Å². The molecule has 302 valence electrons. The molecule has 3 saturated heterocycles. The van der Waals surface area contributed by atoms with Crippen molar-refractivity contribution in [3.05, 3.63) is 85.2 Å². The average molecular weight is 879 g/mol. The quantitative estimate of drug-likeness (QED) is 0.188. The highest BCUT2D eigenvalue weighted by molar-refractivity contribution is 6.42. The van der Waals surface area contributed by atoms with Crippen molar-refractivity contribution in [2.24, 2.45) is 0 Å². The maximum Gasteiger partial charge on any atom is 0.410 e. The lowest BCUT2D eigenvalue weighted by atomic mass is 10.1. The highest BCUT2D eigenvalue weighted by Crippen LogP contribution is 2.32. The third-order valence-corrected chi connectivity index (χ3v) is 10.7. The fourth-order valence-corrected chi connectivity index (χ4v) is 7.23. The summed E-state index contributed by atoms with van der Waals surface area (Å²) < 4.78 is 5.52. The molecule has 1 unspecified atom stereocenters. The summed E-state index contributed by atoms with van der Waals surface area (Å²) >= 11 is 30.0. The van der Waals surface area contributed by atoms with E-state index >= 15 is 0 Å². The number of nitrogens with one attached hydrogen (secondary N) is 1. The number of likely N-dealkylation sites (tertiary alicyclic amines) is 1. The molecule has 4 aromatic rings. The van der Waals surface area contributed by atoms with E-state index in [0.717, 1.165) is 18.5 Å². The first kappa shape index (κ1) is 42.3. The number of anilines is 5. The molecule has 57 heavy (non-hydrogen) atoms. The normalized spacial score (nSPS) is 17.2. The van der Waals surface area contributed by atoms with Crippen LogP contribution >= 0.6 is 58.0 Å². The lowest BCUT2D eigenvalue weighted by Gasteiger charge is -2.34. The van der Waals surface area contributed by atoms with Gasteiger partial charge in [0.25, 0.3) is 0 Å². The van der Waals surface area contributed by atoms with E-state index in [0.29, 0.717) is 99.3 Å². The maximum absolute atomic E-state index is 13.2. The number of piperidine rings is 1. The molecule has 1 atom stereocenters. The molecule has 5 heterocycles. The number of benzene rings is 2. The number of halogens is 5. The molecule has 3 fully saturated rings. The Morgan fingerprint density at radius 3 is 1.70 bits per heavy atom. The average Bonchev–Trinajstić information content (AvgIpc) is 3.72. The van der Waals surface area contributed by atoms with Gasteiger partial charge in [0.2, 0.25) is 11.9 Å². The minimum atomic E-state index is -0.538. The van der Waals surface area contributed by atoms with Crippen LogP contribution in [0.1, 0.15) is 45.0 Å². The first-order valence-electron chi connectivity index (χ1n) is 18.2. The highest BCUT2D eigenvalue weighted by Gasteiger charge is 2.35. The van der Waals surface area contributed by atoms with E-state index in [1.807, 2.05) is 33.8 Å². The summed E-state index contributed by atoms with van der Waals surface area (Å²) in [5, 5.41) is 5.40. The second kappa shape index (κ2) is 17.7. The van der Waals surface area contributed by atoms with Gasteiger partial charge in [0.05, 0.1) is 20.1 Å². The van der Waals surface area contributed by atoms with Crippen molar-refractivity contribution < 1.29 is 19.1 Å². The van der Waals surface area contributed by atoms with E-state index in [4.69, 9.17) is 62.7 Å². The monoisotopic (exact) mass is 876 g/mol. The number of rotatable bonds is 6. The van der Waals surface area contributed by atoms with Crippen LogP contribution in [0.3, 0.4) is 0 Å². The van der Waals surface area contributed by atoms with E-state index in [9.17, 15) is 14.4 Å². The van der Waals surface area contributed by atoms with Crippen molar-refractivity contribution in [3.63, 3.8) is 0 Å². The molecule has 3 aliphatic heterocycles.